The Kier molecular flexibility index (Phi) is 2.73. The summed E-state index contributed by atoms with van der Waals surface area (Å²) in [7, 11) is -3.23. The molecule has 3 atom stereocenters. The van der Waals surface area contributed by atoms with Crippen molar-refractivity contribution in [2.45, 2.75) is 32.0 Å². The molecule has 2 aliphatic heterocycles. The number of hydrogen-bond acceptors (Lipinski definition) is 4. The van der Waals surface area contributed by atoms with Crippen molar-refractivity contribution >= 4 is 21.7 Å². The predicted octanol–water partition coefficient (Wildman–Crippen LogP) is -0.967. The number of sulfone groups is 1. The van der Waals surface area contributed by atoms with Gasteiger partial charge in [-0.2, -0.15) is 0 Å². The lowest BCUT2D eigenvalue weighted by atomic mass is 10.1. The maximum Gasteiger partial charge on any atom is 0.246 e. The van der Waals surface area contributed by atoms with Crippen LogP contribution in [-0.4, -0.2) is 49.0 Å². The molecule has 1 fully saturated rings. The quantitative estimate of drug-likeness (QED) is 0.656. The Morgan fingerprint density at radius 1 is 1.35 bits per heavy atom. The standard InChI is InChI=1S/C10H14N2O4S/c1-6-10(14)12(7(2)9(13)11-6)8-3-4-17(15,16)5-8/h3-4,6-8H,5H2,1-2H3,(H,11,13). The molecule has 17 heavy (non-hydrogen) atoms. The van der Waals surface area contributed by atoms with Gasteiger partial charge in [0.05, 0.1) is 11.8 Å². The van der Waals surface area contributed by atoms with Gasteiger partial charge in [-0.1, -0.05) is 0 Å². The van der Waals surface area contributed by atoms with Gasteiger partial charge in [-0.05, 0) is 19.9 Å². The van der Waals surface area contributed by atoms with Crippen LogP contribution < -0.4 is 5.32 Å². The molecule has 6 nitrogen and oxygen atoms in total. The fourth-order valence-electron chi connectivity index (χ4n) is 2.12. The molecule has 2 rings (SSSR count). The zero-order chi connectivity index (χ0) is 12.8. The van der Waals surface area contributed by atoms with E-state index in [4.69, 9.17) is 0 Å². The average molecular weight is 258 g/mol. The molecule has 1 N–H and O–H groups in total. The van der Waals surface area contributed by atoms with E-state index in [1.54, 1.807) is 13.8 Å². The molecule has 1 saturated heterocycles. The second-order valence-electron chi connectivity index (χ2n) is 4.38. The van der Waals surface area contributed by atoms with E-state index < -0.39 is 28.0 Å². The van der Waals surface area contributed by atoms with Crippen molar-refractivity contribution < 1.29 is 18.0 Å². The number of nitrogens with zero attached hydrogens (tertiary/aromatic N) is 1. The highest BCUT2D eigenvalue weighted by atomic mass is 32.2. The van der Waals surface area contributed by atoms with Gasteiger partial charge in [0.1, 0.15) is 12.1 Å². The SMILES string of the molecule is CC1NC(=O)C(C)N(C2C=CS(=O)(=O)C2)C1=O. The van der Waals surface area contributed by atoms with Gasteiger partial charge in [0.25, 0.3) is 0 Å². The molecular formula is C10H14N2O4S. The zero-order valence-corrected chi connectivity index (χ0v) is 10.4. The van der Waals surface area contributed by atoms with Gasteiger partial charge >= 0.3 is 0 Å². The van der Waals surface area contributed by atoms with Crippen LogP contribution in [-0.2, 0) is 19.4 Å². The summed E-state index contributed by atoms with van der Waals surface area (Å²) in [5, 5.41) is 3.66. The second-order valence-corrected chi connectivity index (χ2v) is 6.31. The fraction of sp³-hybridized carbons (Fsp3) is 0.600. The summed E-state index contributed by atoms with van der Waals surface area (Å²) in [5.41, 5.74) is 0. The monoisotopic (exact) mass is 258 g/mol. The maximum atomic E-state index is 12.0. The Bertz CT molecular complexity index is 496. The van der Waals surface area contributed by atoms with Crippen molar-refractivity contribution in [3.05, 3.63) is 11.5 Å². The van der Waals surface area contributed by atoms with E-state index >= 15 is 0 Å². The van der Waals surface area contributed by atoms with Crippen molar-refractivity contribution in [1.29, 1.82) is 0 Å². The van der Waals surface area contributed by atoms with E-state index in [9.17, 15) is 18.0 Å². The third-order valence-electron chi connectivity index (χ3n) is 3.05. The van der Waals surface area contributed by atoms with Crippen molar-refractivity contribution in [1.82, 2.24) is 10.2 Å². The summed E-state index contributed by atoms with van der Waals surface area (Å²) >= 11 is 0. The van der Waals surface area contributed by atoms with Crippen molar-refractivity contribution in [2.75, 3.05) is 5.75 Å². The molecule has 0 aromatic carbocycles. The third-order valence-corrected chi connectivity index (χ3v) is 4.43. The van der Waals surface area contributed by atoms with Gasteiger partial charge in [0.15, 0.2) is 9.84 Å². The van der Waals surface area contributed by atoms with Crippen molar-refractivity contribution in [3.8, 4) is 0 Å². The molecule has 0 aromatic heterocycles. The lowest BCUT2D eigenvalue weighted by Gasteiger charge is -2.39. The number of nitrogens with one attached hydrogen (secondary N) is 1. The number of amides is 2. The first kappa shape index (κ1) is 12.1. The molecule has 0 spiro atoms. The van der Waals surface area contributed by atoms with E-state index in [0.29, 0.717) is 0 Å². The molecule has 0 saturated carbocycles. The molecule has 2 heterocycles. The minimum Gasteiger partial charge on any atom is -0.343 e. The van der Waals surface area contributed by atoms with Gasteiger partial charge in [-0.15, -0.1) is 0 Å². The van der Waals surface area contributed by atoms with Crippen molar-refractivity contribution in [2.24, 2.45) is 0 Å². The fourth-order valence-corrected chi connectivity index (χ4v) is 3.40. The Balaban J connectivity index is 2.27. The Morgan fingerprint density at radius 3 is 2.53 bits per heavy atom. The van der Waals surface area contributed by atoms with Crippen LogP contribution in [0.15, 0.2) is 11.5 Å². The number of hydrogen-bond donors (Lipinski definition) is 1. The molecular weight excluding hydrogens is 244 g/mol. The molecule has 3 unspecified atom stereocenters. The highest BCUT2D eigenvalue weighted by Gasteiger charge is 2.41. The van der Waals surface area contributed by atoms with Crippen molar-refractivity contribution in [3.63, 3.8) is 0 Å². The molecule has 2 aliphatic rings. The lowest BCUT2D eigenvalue weighted by molar-refractivity contribution is -0.149. The summed E-state index contributed by atoms with van der Waals surface area (Å²) in [6.45, 7) is 3.18. The van der Waals surface area contributed by atoms with E-state index in [-0.39, 0.29) is 17.6 Å². The van der Waals surface area contributed by atoms with Crippen LogP contribution in [0.5, 0.6) is 0 Å². The number of carbonyl (C=O) groups excluding carboxylic acids is 2. The van der Waals surface area contributed by atoms with Gasteiger partial charge in [0, 0.05) is 5.41 Å². The normalized spacial score (nSPS) is 36.1. The highest BCUT2D eigenvalue weighted by Crippen LogP contribution is 2.20. The Morgan fingerprint density at radius 2 is 2.00 bits per heavy atom. The largest absolute Gasteiger partial charge is 0.343 e. The smallest absolute Gasteiger partial charge is 0.246 e. The molecule has 94 valence electrons. The minimum atomic E-state index is -3.23. The second kappa shape index (κ2) is 3.83. The summed E-state index contributed by atoms with van der Waals surface area (Å²) in [6.07, 6.45) is 1.47. The molecule has 0 aliphatic carbocycles. The van der Waals surface area contributed by atoms with Gasteiger partial charge in [-0.25, -0.2) is 8.42 Å². The first-order valence-electron chi connectivity index (χ1n) is 5.35. The molecule has 2 amide bonds. The number of carbonyl (C=O) groups is 2. The van der Waals surface area contributed by atoms with Crippen LogP contribution >= 0.6 is 0 Å². The van der Waals surface area contributed by atoms with Gasteiger partial charge < -0.3 is 10.2 Å². The maximum absolute atomic E-state index is 12.0. The van der Waals surface area contributed by atoms with E-state index in [2.05, 4.69) is 5.32 Å². The van der Waals surface area contributed by atoms with Gasteiger partial charge in [0.2, 0.25) is 11.8 Å². The summed E-state index contributed by atoms with van der Waals surface area (Å²) in [4.78, 5) is 24.9. The molecule has 0 radical (unpaired) electrons. The van der Waals surface area contributed by atoms with Crippen LogP contribution in [0.3, 0.4) is 0 Å². The van der Waals surface area contributed by atoms with Gasteiger partial charge in [-0.3, -0.25) is 9.59 Å². The molecule has 0 bridgehead atoms. The first-order valence-corrected chi connectivity index (χ1v) is 7.07. The zero-order valence-electron chi connectivity index (χ0n) is 9.58. The lowest BCUT2D eigenvalue weighted by Crippen LogP contribution is -2.64. The highest BCUT2D eigenvalue weighted by molar-refractivity contribution is 7.94. The predicted molar refractivity (Wildman–Crippen MR) is 60.6 cm³/mol. The summed E-state index contributed by atoms with van der Waals surface area (Å²) in [6, 6.07) is -1.77. The number of rotatable bonds is 1. The average Bonchev–Trinajstić information content (AvgIpc) is 2.56. The van der Waals surface area contributed by atoms with Crippen LogP contribution in [0.4, 0.5) is 0 Å². The first-order chi connectivity index (χ1) is 7.82. The third kappa shape index (κ3) is 2.06. The molecule has 7 heteroatoms. The van der Waals surface area contributed by atoms with Crippen LogP contribution in [0, 0.1) is 0 Å². The summed E-state index contributed by atoms with van der Waals surface area (Å²) in [5.74, 6) is -0.637. The van der Waals surface area contributed by atoms with Crippen LogP contribution in [0.1, 0.15) is 13.8 Å². The Hall–Kier alpha value is -1.37. The van der Waals surface area contributed by atoms with Crippen LogP contribution in [0.2, 0.25) is 0 Å². The van der Waals surface area contributed by atoms with E-state index in [1.807, 2.05) is 0 Å². The topological polar surface area (TPSA) is 83.6 Å². The van der Waals surface area contributed by atoms with Crippen LogP contribution in [0.25, 0.3) is 0 Å². The number of piperazine rings is 1. The Labute approximate surface area is 99.6 Å². The molecule has 0 aromatic rings. The van der Waals surface area contributed by atoms with E-state index in [1.165, 1.54) is 11.0 Å². The minimum absolute atomic E-state index is 0.136. The summed E-state index contributed by atoms with van der Waals surface area (Å²) < 4.78 is 22.7. The van der Waals surface area contributed by atoms with E-state index in [0.717, 1.165) is 5.41 Å².